The van der Waals surface area contributed by atoms with Crippen LogP contribution in [0.25, 0.3) is 0 Å². The van der Waals surface area contributed by atoms with Gasteiger partial charge in [0.15, 0.2) is 0 Å². The third kappa shape index (κ3) is 3.85. The van der Waals surface area contributed by atoms with Crippen LogP contribution < -0.4 is 11.1 Å². The second-order valence-corrected chi connectivity index (χ2v) is 9.46. The van der Waals surface area contributed by atoms with Crippen LogP contribution in [-0.2, 0) is 16.0 Å². The maximum absolute atomic E-state index is 13.2. The van der Waals surface area contributed by atoms with Gasteiger partial charge < -0.3 is 16.0 Å². The highest BCUT2D eigenvalue weighted by Crippen LogP contribution is 2.34. The first kappa shape index (κ1) is 20.1. The molecule has 0 saturated carbocycles. The fraction of sp³-hybridized carbons (Fsp3) is 0.583. The van der Waals surface area contributed by atoms with Crippen molar-refractivity contribution in [1.29, 1.82) is 0 Å². The minimum atomic E-state index is -0.625. The summed E-state index contributed by atoms with van der Waals surface area (Å²) >= 11 is 0. The van der Waals surface area contributed by atoms with Gasteiger partial charge in [-0.15, -0.1) is 0 Å². The molecule has 2 aliphatic heterocycles. The quantitative estimate of drug-likeness (QED) is 0.773. The Hall–Kier alpha value is -2.14. The molecule has 1 saturated heterocycles. The number of fused-ring (bicyclic) bond motifs is 2. The maximum atomic E-state index is 13.2. The minimum Gasteiger partial charge on any atom is -0.354 e. The third-order valence-electron chi connectivity index (χ3n) is 7.10. The van der Waals surface area contributed by atoms with Crippen LogP contribution in [0.15, 0.2) is 36.4 Å². The van der Waals surface area contributed by atoms with Crippen molar-refractivity contribution in [3.8, 4) is 0 Å². The monoisotopic (exact) mass is 395 g/mol. The number of hydrogen-bond donors (Lipinski definition) is 2. The molecule has 29 heavy (non-hydrogen) atoms. The van der Waals surface area contributed by atoms with Crippen LogP contribution in [0.1, 0.15) is 63.0 Å². The van der Waals surface area contributed by atoms with E-state index >= 15 is 0 Å². The Morgan fingerprint density at radius 1 is 1.24 bits per heavy atom. The molecule has 4 atom stereocenters. The van der Waals surface area contributed by atoms with E-state index in [-0.39, 0.29) is 17.9 Å². The highest BCUT2D eigenvalue weighted by Gasteiger charge is 2.45. The number of amides is 2. The average Bonchev–Trinajstić information content (AvgIpc) is 3.13. The molecule has 1 unspecified atom stereocenters. The fourth-order valence-electron chi connectivity index (χ4n) is 5.22. The first-order chi connectivity index (χ1) is 13.9. The Morgan fingerprint density at radius 3 is 2.86 bits per heavy atom. The van der Waals surface area contributed by atoms with Crippen LogP contribution in [0.2, 0.25) is 0 Å². The lowest BCUT2D eigenvalue weighted by molar-refractivity contribution is -0.143. The van der Waals surface area contributed by atoms with Crippen LogP contribution in [0.4, 0.5) is 0 Å². The van der Waals surface area contributed by atoms with Crippen molar-refractivity contribution in [2.45, 2.75) is 76.4 Å². The van der Waals surface area contributed by atoms with Gasteiger partial charge in [0.25, 0.3) is 0 Å². The number of nitrogens with two attached hydrogens (primary N) is 1. The number of carbonyl (C=O) groups is 2. The smallest absolute Gasteiger partial charge is 0.242 e. The summed E-state index contributed by atoms with van der Waals surface area (Å²) in [4.78, 5) is 28.1. The highest BCUT2D eigenvalue weighted by molar-refractivity contribution is 5.91. The van der Waals surface area contributed by atoms with E-state index < -0.39 is 17.5 Å². The van der Waals surface area contributed by atoms with E-state index in [9.17, 15) is 9.59 Å². The lowest BCUT2D eigenvalue weighted by Crippen LogP contribution is -2.58. The van der Waals surface area contributed by atoms with Crippen molar-refractivity contribution in [2.24, 2.45) is 11.1 Å². The molecule has 1 aliphatic carbocycles. The largest absolute Gasteiger partial charge is 0.354 e. The lowest BCUT2D eigenvalue weighted by Gasteiger charge is -2.38. The van der Waals surface area contributed by atoms with Gasteiger partial charge in [0.05, 0.1) is 6.04 Å². The second-order valence-electron chi connectivity index (χ2n) is 9.46. The normalized spacial score (nSPS) is 32.0. The van der Waals surface area contributed by atoms with Gasteiger partial charge in [0, 0.05) is 23.9 Å². The van der Waals surface area contributed by atoms with Crippen molar-refractivity contribution >= 4 is 11.8 Å². The molecular formula is C24H33N3O2. The summed E-state index contributed by atoms with van der Waals surface area (Å²) in [5.41, 5.74) is 8.67. The SMILES string of the molecule is CC1(C)/C=C\C[C@H]2CC[C@@H](C(=O)NCC3CCCc4ccccc43)N2C(=O)[C@H]1N. The van der Waals surface area contributed by atoms with Gasteiger partial charge >= 0.3 is 0 Å². The van der Waals surface area contributed by atoms with Crippen molar-refractivity contribution < 1.29 is 9.59 Å². The number of rotatable bonds is 3. The summed E-state index contributed by atoms with van der Waals surface area (Å²) in [5.74, 6) is 0.233. The minimum absolute atomic E-state index is 0.0292. The number of nitrogens with one attached hydrogen (secondary N) is 1. The first-order valence-electron chi connectivity index (χ1n) is 11.0. The molecule has 1 fully saturated rings. The van der Waals surface area contributed by atoms with Gasteiger partial charge in [-0.2, -0.15) is 0 Å². The van der Waals surface area contributed by atoms with Gasteiger partial charge in [-0.3, -0.25) is 9.59 Å². The zero-order chi connectivity index (χ0) is 20.6. The van der Waals surface area contributed by atoms with Crippen molar-refractivity contribution in [2.75, 3.05) is 6.54 Å². The van der Waals surface area contributed by atoms with E-state index in [1.807, 2.05) is 13.8 Å². The van der Waals surface area contributed by atoms with Crippen LogP contribution in [0.5, 0.6) is 0 Å². The van der Waals surface area contributed by atoms with E-state index in [1.165, 1.54) is 11.1 Å². The van der Waals surface area contributed by atoms with E-state index in [4.69, 9.17) is 5.73 Å². The standard InChI is InChI=1S/C24H33N3O2/c1-24(2)14-6-10-18-12-13-20(27(18)23(29)21(24)25)22(28)26-15-17-9-5-8-16-7-3-4-11-19(16)17/h3-4,6-7,11,14,17-18,20-21H,5,8-10,12-13,15,25H2,1-2H3,(H,26,28)/b14-6-/t17?,18-,20-,21+/m0/s1. The zero-order valence-corrected chi connectivity index (χ0v) is 17.6. The van der Waals surface area contributed by atoms with Crippen molar-refractivity contribution in [1.82, 2.24) is 10.2 Å². The zero-order valence-electron chi connectivity index (χ0n) is 17.6. The van der Waals surface area contributed by atoms with Crippen LogP contribution in [-0.4, -0.2) is 41.4 Å². The number of hydrogen-bond acceptors (Lipinski definition) is 3. The molecule has 0 radical (unpaired) electrons. The Labute approximate surface area is 173 Å². The molecule has 0 spiro atoms. The van der Waals surface area contributed by atoms with E-state index in [0.717, 1.165) is 32.1 Å². The highest BCUT2D eigenvalue weighted by atomic mass is 16.2. The predicted molar refractivity (Wildman–Crippen MR) is 114 cm³/mol. The van der Waals surface area contributed by atoms with Crippen molar-refractivity contribution in [3.63, 3.8) is 0 Å². The van der Waals surface area contributed by atoms with E-state index in [0.29, 0.717) is 18.9 Å². The Balaban J connectivity index is 1.46. The molecule has 0 bridgehead atoms. The fourth-order valence-corrected chi connectivity index (χ4v) is 5.22. The number of aryl methyl sites for hydroxylation is 1. The summed E-state index contributed by atoms with van der Waals surface area (Å²) in [6, 6.07) is 7.60. The Kier molecular flexibility index (Phi) is 5.52. The van der Waals surface area contributed by atoms with Gasteiger partial charge in [-0.25, -0.2) is 0 Å². The molecule has 0 aromatic heterocycles. The topological polar surface area (TPSA) is 75.4 Å². The van der Waals surface area contributed by atoms with Gasteiger partial charge in [-0.1, -0.05) is 50.3 Å². The van der Waals surface area contributed by atoms with Gasteiger partial charge in [0.1, 0.15) is 6.04 Å². The molecule has 2 heterocycles. The molecule has 4 rings (SSSR count). The van der Waals surface area contributed by atoms with E-state index in [2.05, 4.69) is 41.7 Å². The Bertz CT molecular complexity index is 816. The summed E-state index contributed by atoms with van der Waals surface area (Å²) in [5, 5.41) is 3.17. The van der Waals surface area contributed by atoms with Crippen LogP contribution in [0, 0.1) is 5.41 Å². The second kappa shape index (κ2) is 7.94. The summed E-state index contributed by atoms with van der Waals surface area (Å²) in [6.07, 6.45) is 9.92. The average molecular weight is 396 g/mol. The summed E-state index contributed by atoms with van der Waals surface area (Å²) in [6.45, 7) is 4.60. The molecule has 3 N–H and O–H groups in total. The van der Waals surface area contributed by atoms with E-state index in [1.54, 1.807) is 4.90 Å². The predicted octanol–water partition coefficient (Wildman–Crippen LogP) is 2.90. The van der Waals surface area contributed by atoms with Crippen LogP contribution >= 0.6 is 0 Å². The Morgan fingerprint density at radius 2 is 2.03 bits per heavy atom. The first-order valence-corrected chi connectivity index (χ1v) is 11.0. The summed E-state index contributed by atoms with van der Waals surface area (Å²) in [7, 11) is 0. The number of nitrogens with zero attached hydrogens (tertiary/aromatic N) is 1. The summed E-state index contributed by atoms with van der Waals surface area (Å²) < 4.78 is 0. The molecule has 5 heteroatoms. The molecule has 2 amide bonds. The lowest BCUT2D eigenvalue weighted by atomic mass is 9.82. The third-order valence-corrected chi connectivity index (χ3v) is 7.10. The maximum Gasteiger partial charge on any atom is 0.242 e. The molecule has 156 valence electrons. The number of benzene rings is 1. The number of carbonyl (C=O) groups excluding carboxylic acids is 2. The van der Waals surface area contributed by atoms with Crippen molar-refractivity contribution in [3.05, 3.63) is 47.5 Å². The molecule has 3 aliphatic rings. The van der Waals surface area contributed by atoms with Gasteiger partial charge in [0.2, 0.25) is 11.8 Å². The molecule has 1 aromatic rings. The molecule has 1 aromatic carbocycles. The van der Waals surface area contributed by atoms with Crippen LogP contribution in [0.3, 0.4) is 0 Å². The molecular weight excluding hydrogens is 362 g/mol. The molecule has 5 nitrogen and oxygen atoms in total. The van der Waals surface area contributed by atoms with Gasteiger partial charge in [-0.05, 0) is 49.7 Å².